The minimum absolute atomic E-state index is 0.0519. The van der Waals surface area contributed by atoms with E-state index in [2.05, 4.69) is 37.3 Å². The zero-order valence-corrected chi connectivity index (χ0v) is 13.2. The smallest absolute Gasteiger partial charge is 0.0360 e. The lowest BCUT2D eigenvalue weighted by Crippen LogP contribution is -2.07. The lowest BCUT2D eigenvalue weighted by Gasteiger charge is -2.21. The Morgan fingerprint density at radius 2 is 1.13 bits per heavy atom. The Hall–Kier alpha value is -2.94. The average Bonchev–Trinajstić information content (AvgIpc) is 2.54. The van der Waals surface area contributed by atoms with Gasteiger partial charge in [-0.2, -0.15) is 0 Å². The van der Waals surface area contributed by atoms with Crippen LogP contribution in [0.15, 0.2) is 66.7 Å². The first-order valence-corrected chi connectivity index (χ1v) is 7.61. The Kier molecular flexibility index (Phi) is 3.94. The number of anilines is 3. The topological polar surface area (TPSA) is 78.1 Å². The normalized spacial score (nSPS) is 10.9. The summed E-state index contributed by atoms with van der Waals surface area (Å²) >= 11 is 0. The van der Waals surface area contributed by atoms with Gasteiger partial charge in [0.25, 0.3) is 0 Å². The van der Waals surface area contributed by atoms with Gasteiger partial charge in [-0.3, -0.25) is 0 Å². The van der Waals surface area contributed by atoms with Crippen molar-refractivity contribution >= 4 is 17.1 Å². The first kappa shape index (κ1) is 15.0. The van der Waals surface area contributed by atoms with Crippen LogP contribution in [0.2, 0.25) is 0 Å². The molecule has 3 rings (SSSR count). The minimum atomic E-state index is 0.0519. The van der Waals surface area contributed by atoms with E-state index in [9.17, 15) is 0 Å². The van der Waals surface area contributed by atoms with Gasteiger partial charge in [-0.15, -0.1) is 0 Å². The standard InChI is InChI=1S/C20H21N3/c1-13-2-11-19(23)18(12-13)20(14-3-7-16(21)8-4-14)15-5-9-17(22)10-6-15/h2-12,20H,21-23H2,1H3. The number of rotatable bonds is 3. The van der Waals surface area contributed by atoms with Crippen molar-refractivity contribution in [3.8, 4) is 0 Å². The molecule has 3 nitrogen and oxygen atoms in total. The zero-order chi connectivity index (χ0) is 16.4. The summed E-state index contributed by atoms with van der Waals surface area (Å²) in [4.78, 5) is 0. The Balaban J connectivity index is 2.18. The van der Waals surface area contributed by atoms with Crippen molar-refractivity contribution < 1.29 is 0 Å². The van der Waals surface area contributed by atoms with Crippen molar-refractivity contribution in [3.05, 3.63) is 89.0 Å². The third-order valence-electron chi connectivity index (χ3n) is 4.09. The maximum atomic E-state index is 6.28. The molecule has 3 aromatic rings. The molecule has 0 radical (unpaired) electrons. The highest BCUT2D eigenvalue weighted by atomic mass is 14.6. The molecule has 0 unspecified atom stereocenters. The summed E-state index contributed by atoms with van der Waals surface area (Å²) in [5.74, 6) is 0.0519. The average molecular weight is 303 g/mol. The number of hydrogen-bond acceptors (Lipinski definition) is 3. The van der Waals surface area contributed by atoms with Crippen molar-refractivity contribution in [2.45, 2.75) is 12.8 Å². The van der Waals surface area contributed by atoms with Crippen molar-refractivity contribution in [2.75, 3.05) is 17.2 Å². The molecule has 0 fully saturated rings. The Labute approximate surface area is 136 Å². The third-order valence-corrected chi connectivity index (χ3v) is 4.09. The van der Waals surface area contributed by atoms with Crippen LogP contribution < -0.4 is 17.2 Å². The van der Waals surface area contributed by atoms with E-state index in [-0.39, 0.29) is 5.92 Å². The highest BCUT2D eigenvalue weighted by molar-refractivity contribution is 5.58. The van der Waals surface area contributed by atoms with Gasteiger partial charge in [0.1, 0.15) is 0 Å². The number of nitrogen functional groups attached to an aromatic ring is 3. The molecule has 0 aliphatic heterocycles. The highest BCUT2D eigenvalue weighted by Gasteiger charge is 2.19. The molecule has 0 aromatic heterocycles. The summed E-state index contributed by atoms with van der Waals surface area (Å²) in [6.45, 7) is 2.08. The molecule has 0 aliphatic rings. The minimum Gasteiger partial charge on any atom is -0.399 e. The predicted molar refractivity (Wildman–Crippen MR) is 98.2 cm³/mol. The van der Waals surface area contributed by atoms with Gasteiger partial charge in [-0.05, 0) is 53.9 Å². The Bertz CT molecular complexity index is 760. The number of hydrogen-bond donors (Lipinski definition) is 3. The lowest BCUT2D eigenvalue weighted by molar-refractivity contribution is 0.978. The molecule has 0 bridgehead atoms. The van der Waals surface area contributed by atoms with Gasteiger partial charge in [-0.25, -0.2) is 0 Å². The first-order chi connectivity index (χ1) is 11.0. The molecule has 0 aliphatic carbocycles. The summed E-state index contributed by atoms with van der Waals surface area (Å²) in [6.07, 6.45) is 0. The second-order valence-corrected chi connectivity index (χ2v) is 5.90. The lowest BCUT2D eigenvalue weighted by atomic mass is 9.83. The van der Waals surface area contributed by atoms with Crippen LogP contribution >= 0.6 is 0 Å². The van der Waals surface area contributed by atoms with Crippen molar-refractivity contribution in [1.82, 2.24) is 0 Å². The van der Waals surface area contributed by atoms with Crippen molar-refractivity contribution in [3.63, 3.8) is 0 Å². The zero-order valence-electron chi connectivity index (χ0n) is 13.2. The molecule has 6 N–H and O–H groups in total. The van der Waals surface area contributed by atoms with Gasteiger partial charge in [0.15, 0.2) is 0 Å². The predicted octanol–water partition coefficient (Wildman–Crippen LogP) is 3.92. The molecule has 0 saturated heterocycles. The second-order valence-electron chi connectivity index (χ2n) is 5.90. The van der Waals surface area contributed by atoms with Crippen molar-refractivity contribution in [2.24, 2.45) is 0 Å². The quantitative estimate of drug-likeness (QED) is 0.507. The molecule has 0 saturated carbocycles. The van der Waals surface area contributed by atoms with E-state index in [0.717, 1.165) is 33.8 Å². The molecule has 0 heterocycles. The highest BCUT2D eigenvalue weighted by Crippen LogP contribution is 2.36. The summed E-state index contributed by atoms with van der Waals surface area (Å²) in [5.41, 5.74) is 24.8. The van der Waals surface area contributed by atoms with E-state index < -0.39 is 0 Å². The molecule has 3 heteroatoms. The fourth-order valence-electron chi connectivity index (χ4n) is 2.87. The monoisotopic (exact) mass is 303 g/mol. The largest absolute Gasteiger partial charge is 0.399 e. The van der Waals surface area contributed by atoms with Gasteiger partial charge in [0.05, 0.1) is 0 Å². The van der Waals surface area contributed by atoms with Crippen LogP contribution in [0.5, 0.6) is 0 Å². The molecule has 0 amide bonds. The number of aryl methyl sites for hydroxylation is 1. The molecule has 23 heavy (non-hydrogen) atoms. The van der Waals surface area contributed by atoms with Crippen molar-refractivity contribution in [1.29, 1.82) is 0 Å². The summed E-state index contributed by atoms with van der Waals surface area (Å²) in [7, 11) is 0. The molecule has 0 atom stereocenters. The van der Waals surface area contributed by atoms with Crippen LogP contribution in [-0.4, -0.2) is 0 Å². The van der Waals surface area contributed by atoms with E-state index in [1.165, 1.54) is 5.56 Å². The molecule has 116 valence electrons. The molecule has 0 spiro atoms. The van der Waals surface area contributed by atoms with E-state index in [1.54, 1.807) is 0 Å². The van der Waals surface area contributed by atoms with Crippen LogP contribution in [0.25, 0.3) is 0 Å². The summed E-state index contributed by atoms with van der Waals surface area (Å²) in [6, 6.07) is 22.0. The Morgan fingerprint density at radius 3 is 1.61 bits per heavy atom. The molecule has 3 aromatic carbocycles. The maximum Gasteiger partial charge on any atom is 0.0360 e. The van der Waals surface area contributed by atoms with E-state index in [4.69, 9.17) is 17.2 Å². The fourth-order valence-corrected chi connectivity index (χ4v) is 2.87. The number of nitrogens with two attached hydrogens (primary N) is 3. The summed E-state index contributed by atoms with van der Waals surface area (Å²) in [5, 5.41) is 0. The van der Waals surface area contributed by atoms with Gasteiger partial charge < -0.3 is 17.2 Å². The van der Waals surface area contributed by atoms with Gasteiger partial charge in [0.2, 0.25) is 0 Å². The second kappa shape index (κ2) is 6.05. The fraction of sp³-hybridized carbons (Fsp3) is 0.100. The SMILES string of the molecule is Cc1ccc(N)c(C(c2ccc(N)cc2)c2ccc(N)cc2)c1. The molecular weight excluding hydrogens is 282 g/mol. The van der Waals surface area contributed by atoms with E-state index in [1.807, 2.05) is 36.4 Å². The maximum absolute atomic E-state index is 6.28. The van der Waals surface area contributed by atoms with Crippen LogP contribution in [0, 0.1) is 6.92 Å². The van der Waals surface area contributed by atoms with Crippen LogP contribution in [0.1, 0.15) is 28.2 Å². The van der Waals surface area contributed by atoms with E-state index >= 15 is 0 Å². The Morgan fingerprint density at radius 1 is 0.652 bits per heavy atom. The van der Waals surface area contributed by atoms with E-state index in [0.29, 0.717) is 0 Å². The van der Waals surface area contributed by atoms with Crippen LogP contribution in [-0.2, 0) is 0 Å². The summed E-state index contributed by atoms with van der Waals surface area (Å²) < 4.78 is 0. The molecular formula is C20H21N3. The third kappa shape index (κ3) is 3.14. The number of benzene rings is 3. The van der Waals surface area contributed by atoms with Crippen LogP contribution in [0.3, 0.4) is 0 Å². The first-order valence-electron chi connectivity index (χ1n) is 7.61. The van der Waals surface area contributed by atoms with Gasteiger partial charge >= 0.3 is 0 Å². The van der Waals surface area contributed by atoms with Gasteiger partial charge in [0, 0.05) is 23.0 Å². The van der Waals surface area contributed by atoms with Crippen LogP contribution in [0.4, 0.5) is 17.1 Å². The van der Waals surface area contributed by atoms with Gasteiger partial charge in [-0.1, -0.05) is 42.0 Å².